The quantitative estimate of drug-likeness (QED) is 0.529. The summed E-state index contributed by atoms with van der Waals surface area (Å²) >= 11 is 0. The average molecular weight is 194 g/mol. The van der Waals surface area contributed by atoms with Gasteiger partial charge in [0.2, 0.25) is 5.91 Å². The van der Waals surface area contributed by atoms with Crippen LogP contribution in [0.3, 0.4) is 0 Å². The van der Waals surface area contributed by atoms with Gasteiger partial charge in [-0.3, -0.25) is 4.79 Å². The lowest BCUT2D eigenvalue weighted by atomic mass is 9.86. The van der Waals surface area contributed by atoms with E-state index in [4.69, 9.17) is 0 Å². The summed E-state index contributed by atoms with van der Waals surface area (Å²) in [6.45, 7) is 3.54. The zero-order chi connectivity index (χ0) is 10.1. The zero-order valence-corrected chi connectivity index (χ0v) is 8.92. The maximum Gasteiger partial charge on any atom is 0.236 e. The van der Waals surface area contributed by atoms with Crippen LogP contribution in [-0.4, -0.2) is 11.6 Å². The van der Waals surface area contributed by atoms with Gasteiger partial charge < -0.3 is 0 Å². The number of nitrogens with one attached hydrogen (secondary N) is 1. The first-order valence-electron chi connectivity index (χ1n) is 5.47. The molecule has 2 fully saturated rings. The predicted molar refractivity (Wildman–Crippen MR) is 55.9 cm³/mol. The second-order valence-electron chi connectivity index (χ2n) is 4.70. The van der Waals surface area contributed by atoms with Crippen molar-refractivity contribution in [2.24, 2.45) is 22.9 Å². The highest BCUT2D eigenvalue weighted by Crippen LogP contribution is 2.48. The van der Waals surface area contributed by atoms with Gasteiger partial charge in [-0.15, -0.1) is 0 Å². The molecule has 2 rings (SSSR count). The van der Waals surface area contributed by atoms with Crippen molar-refractivity contribution in [3.05, 3.63) is 0 Å². The van der Waals surface area contributed by atoms with Crippen molar-refractivity contribution >= 4 is 11.6 Å². The summed E-state index contributed by atoms with van der Waals surface area (Å²) in [6, 6.07) is 0. The Morgan fingerprint density at radius 1 is 1.29 bits per heavy atom. The second-order valence-corrected chi connectivity index (χ2v) is 4.70. The van der Waals surface area contributed by atoms with Gasteiger partial charge in [-0.2, -0.15) is 5.10 Å². The molecule has 1 N–H and O–H groups in total. The number of nitrogens with zero attached hydrogens (tertiary/aromatic N) is 1. The number of fused-ring (bicyclic) bond motifs is 2. The van der Waals surface area contributed by atoms with Crippen molar-refractivity contribution in [3.8, 4) is 0 Å². The largest absolute Gasteiger partial charge is 0.274 e. The summed E-state index contributed by atoms with van der Waals surface area (Å²) in [7, 11) is 0. The van der Waals surface area contributed by atoms with Gasteiger partial charge in [-0.25, -0.2) is 5.43 Å². The Morgan fingerprint density at radius 2 is 2.07 bits per heavy atom. The average Bonchev–Trinajstić information content (AvgIpc) is 2.74. The molecule has 0 aromatic carbocycles. The lowest BCUT2D eigenvalue weighted by molar-refractivity contribution is -0.118. The molecule has 2 aliphatic rings. The highest BCUT2D eigenvalue weighted by atomic mass is 16.2. The summed E-state index contributed by atoms with van der Waals surface area (Å²) in [4.78, 5) is 10.7. The van der Waals surface area contributed by atoms with Gasteiger partial charge in [0.05, 0.1) is 0 Å². The molecule has 3 heteroatoms. The van der Waals surface area contributed by atoms with Crippen LogP contribution in [0.1, 0.15) is 39.5 Å². The third-order valence-corrected chi connectivity index (χ3v) is 3.66. The van der Waals surface area contributed by atoms with Crippen LogP contribution in [0.15, 0.2) is 5.10 Å². The molecule has 0 saturated heterocycles. The van der Waals surface area contributed by atoms with E-state index >= 15 is 0 Å². The third-order valence-electron chi connectivity index (χ3n) is 3.66. The molecule has 0 radical (unpaired) electrons. The number of rotatable bonds is 2. The van der Waals surface area contributed by atoms with Gasteiger partial charge in [0, 0.05) is 18.6 Å². The fraction of sp³-hybridized carbons (Fsp3) is 0.818. The molecular weight excluding hydrogens is 176 g/mol. The summed E-state index contributed by atoms with van der Waals surface area (Å²) in [5.41, 5.74) is 3.65. The molecule has 14 heavy (non-hydrogen) atoms. The Labute approximate surface area is 85.0 Å². The van der Waals surface area contributed by atoms with Crippen LogP contribution < -0.4 is 5.43 Å². The van der Waals surface area contributed by atoms with E-state index < -0.39 is 0 Å². The molecule has 3 nitrogen and oxygen atoms in total. The van der Waals surface area contributed by atoms with Crippen LogP contribution in [0.2, 0.25) is 0 Å². The van der Waals surface area contributed by atoms with Gasteiger partial charge in [-0.05, 0) is 38.0 Å². The van der Waals surface area contributed by atoms with Crippen molar-refractivity contribution in [3.63, 3.8) is 0 Å². The molecule has 3 atom stereocenters. The molecule has 0 heterocycles. The lowest BCUT2D eigenvalue weighted by Gasteiger charge is -2.20. The Kier molecular flexibility index (Phi) is 2.57. The summed E-state index contributed by atoms with van der Waals surface area (Å²) in [5.74, 6) is 2.35. The Balaban J connectivity index is 1.95. The fourth-order valence-corrected chi connectivity index (χ4v) is 3.01. The molecule has 2 aliphatic carbocycles. The number of hydrazone groups is 1. The molecule has 0 aromatic heterocycles. The maximum atomic E-state index is 10.7. The highest BCUT2D eigenvalue weighted by molar-refractivity contribution is 5.86. The Bertz CT molecular complexity index is 272. The van der Waals surface area contributed by atoms with E-state index in [9.17, 15) is 4.79 Å². The molecule has 0 spiro atoms. The maximum absolute atomic E-state index is 10.7. The molecule has 0 aromatic rings. The van der Waals surface area contributed by atoms with E-state index in [2.05, 4.69) is 10.5 Å². The number of carbonyl (C=O) groups excluding carboxylic acids is 1. The van der Waals surface area contributed by atoms with Crippen LogP contribution >= 0.6 is 0 Å². The minimum atomic E-state index is -0.0764. The Hall–Kier alpha value is -0.860. The first kappa shape index (κ1) is 9.69. The first-order chi connectivity index (χ1) is 6.66. The van der Waals surface area contributed by atoms with E-state index in [0.717, 1.165) is 17.5 Å². The monoisotopic (exact) mass is 194 g/mol. The van der Waals surface area contributed by atoms with Crippen LogP contribution in [0.5, 0.6) is 0 Å². The van der Waals surface area contributed by atoms with Gasteiger partial charge in [0.15, 0.2) is 0 Å². The molecular formula is C11H18N2O. The third kappa shape index (κ3) is 1.81. The highest BCUT2D eigenvalue weighted by Gasteiger charge is 2.40. The van der Waals surface area contributed by atoms with Crippen LogP contribution in [0, 0.1) is 17.8 Å². The van der Waals surface area contributed by atoms with Gasteiger partial charge in [0.25, 0.3) is 0 Å². The number of hydrogen-bond acceptors (Lipinski definition) is 2. The second kappa shape index (κ2) is 3.71. The van der Waals surface area contributed by atoms with Crippen molar-refractivity contribution in [2.45, 2.75) is 39.5 Å². The molecule has 2 bridgehead atoms. The SMILES string of the molecule is CC(=O)N/N=C(\C)[C@@H]1C[C@H]2CC[C@H]1C2. The molecule has 0 aliphatic heterocycles. The Morgan fingerprint density at radius 3 is 2.57 bits per heavy atom. The van der Waals surface area contributed by atoms with Crippen molar-refractivity contribution < 1.29 is 4.79 Å². The summed E-state index contributed by atoms with van der Waals surface area (Å²) in [6.07, 6.45) is 5.45. The van der Waals surface area contributed by atoms with E-state index in [-0.39, 0.29) is 5.91 Å². The number of carbonyl (C=O) groups is 1. The number of amides is 1. The molecule has 2 saturated carbocycles. The molecule has 0 unspecified atom stereocenters. The molecule has 1 amide bonds. The summed E-state index contributed by atoms with van der Waals surface area (Å²) < 4.78 is 0. The zero-order valence-electron chi connectivity index (χ0n) is 8.92. The van der Waals surface area contributed by atoms with E-state index in [1.165, 1.54) is 32.6 Å². The standard InChI is InChI=1S/C11H18N2O/c1-7(12-13-8(2)14)11-6-9-3-4-10(11)5-9/h9-11H,3-6H2,1-2H3,(H,13,14)/b12-7+/t9-,10-,11-/m0/s1. The first-order valence-corrected chi connectivity index (χ1v) is 5.47. The van der Waals surface area contributed by atoms with E-state index in [1.807, 2.05) is 6.92 Å². The smallest absolute Gasteiger partial charge is 0.236 e. The van der Waals surface area contributed by atoms with Crippen LogP contribution in [0.4, 0.5) is 0 Å². The topological polar surface area (TPSA) is 41.5 Å². The predicted octanol–water partition coefficient (Wildman–Crippen LogP) is 1.93. The minimum absolute atomic E-state index is 0.0764. The lowest BCUT2D eigenvalue weighted by Crippen LogP contribution is -2.23. The normalized spacial score (nSPS) is 36.1. The summed E-state index contributed by atoms with van der Waals surface area (Å²) in [5, 5.41) is 4.14. The van der Waals surface area contributed by atoms with Crippen molar-refractivity contribution in [1.29, 1.82) is 0 Å². The van der Waals surface area contributed by atoms with Crippen LogP contribution in [0.25, 0.3) is 0 Å². The van der Waals surface area contributed by atoms with E-state index in [0.29, 0.717) is 5.92 Å². The van der Waals surface area contributed by atoms with Gasteiger partial charge >= 0.3 is 0 Å². The number of hydrogen-bond donors (Lipinski definition) is 1. The van der Waals surface area contributed by atoms with Crippen molar-refractivity contribution in [2.75, 3.05) is 0 Å². The fourth-order valence-electron chi connectivity index (χ4n) is 3.01. The van der Waals surface area contributed by atoms with E-state index in [1.54, 1.807) is 0 Å². The van der Waals surface area contributed by atoms with Gasteiger partial charge in [-0.1, -0.05) is 6.42 Å². The van der Waals surface area contributed by atoms with Crippen LogP contribution in [-0.2, 0) is 4.79 Å². The van der Waals surface area contributed by atoms with Gasteiger partial charge in [0.1, 0.15) is 0 Å². The van der Waals surface area contributed by atoms with Crippen molar-refractivity contribution in [1.82, 2.24) is 5.43 Å². The molecule has 78 valence electrons. The minimum Gasteiger partial charge on any atom is -0.274 e.